The van der Waals surface area contributed by atoms with Crippen molar-refractivity contribution in [1.29, 1.82) is 0 Å². The van der Waals surface area contributed by atoms with E-state index in [9.17, 15) is 0 Å². The SMILES string of the molecule is CNCCCCCc1nc(CN(C)Cc2cccc(Oc3ccccc3)c2)nc2ccccc12. The van der Waals surface area contributed by atoms with Gasteiger partial charge in [-0.3, -0.25) is 4.90 Å². The molecule has 0 radical (unpaired) electrons. The van der Waals surface area contributed by atoms with Gasteiger partial charge in [-0.25, -0.2) is 9.97 Å². The van der Waals surface area contributed by atoms with Crippen LogP contribution >= 0.6 is 0 Å². The molecular weight excluding hydrogens is 420 g/mol. The molecule has 34 heavy (non-hydrogen) atoms. The fourth-order valence-corrected chi connectivity index (χ4v) is 4.17. The van der Waals surface area contributed by atoms with Crippen molar-refractivity contribution < 1.29 is 4.74 Å². The van der Waals surface area contributed by atoms with E-state index in [2.05, 4.69) is 53.7 Å². The van der Waals surface area contributed by atoms with Crippen LogP contribution in [0.2, 0.25) is 0 Å². The predicted octanol–water partition coefficient (Wildman–Crippen LogP) is 5.99. The van der Waals surface area contributed by atoms with E-state index in [0.717, 1.165) is 54.5 Å². The molecule has 0 atom stereocenters. The Balaban J connectivity index is 1.42. The highest BCUT2D eigenvalue weighted by Gasteiger charge is 2.11. The molecule has 4 aromatic rings. The first-order chi connectivity index (χ1) is 16.7. The van der Waals surface area contributed by atoms with Crippen LogP contribution in [0.3, 0.4) is 0 Å². The van der Waals surface area contributed by atoms with E-state index < -0.39 is 0 Å². The number of aromatic nitrogens is 2. The van der Waals surface area contributed by atoms with Crippen molar-refractivity contribution in [1.82, 2.24) is 20.2 Å². The first-order valence-corrected chi connectivity index (χ1v) is 12.1. The number of para-hydroxylation sites is 2. The third kappa shape index (κ3) is 6.86. The van der Waals surface area contributed by atoms with Gasteiger partial charge in [0.05, 0.1) is 17.8 Å². The molecular formula is C29H34N4O. The number of nitrogens with zero attached hydrogens (tertiary/aromatic N) is 3. The van der Waals surface area contributed by atoms with E-state index in [1.165, 1.54) is 23.8 Å². The molecule has 0 aliphatic rings. The van der Waals surface area contributed by atoms with Gasteiger partial charge in [-0.1, -0.05) is 55.0 Å². The molecule has 4 rings (SSSR count). The molecule has 0 aliphatic heterocycles. The number of aryl methyl sites for hydroxylation is 1. The molecule has 1 aromatic heterocycles. The lowest BCUT2D eigenvalue weighted by Gasteiger charge is -2.17. The molecule has 3 aromatic carbocycles. The number of hydrogen-bond acceptors (Lipinski definition) is 5. The summed E-state index contributed by atoms with van der Waals surface area (Å²) in [6.07, 6.45) is 4.53. The smallest absolute Gasteiger partial charge is 0.143 e. The van der Waals surface area contributed by atoms with Crippen molar-refractivity contribution in [3.63, 3.8) is 0 Å². The van der Waals surface area contributed by atoms with Crippen LogP contribution in [0.15, 0.2) is 78.9 Å². The Labute approximate surface area is 202 Å². The minimum absolute atomic E-state index is 0.696. The first-order valence-electron chi connectivity index (χ1n) is 12.1. The minimum Gasteiger partial charge on any atom is -0.457 e. The van der Waals surface area contributed by atoms with Crippen molar-refractivity contribution >= 4 is 10.9 Å². The van der Waals surface area contributed by atoms with Crippen LogP contribution in [0.1, 0.15) is 36.3 Å². The van der Waals surface area contributed by atoms with Crippen molar-refractivity contribution in [3.8, 4) is 11.5 Å². The summed E-state index contributed by atoms with van der Waals surface area (Å²) in [6, 6.07) is 26.5. The van der Waals surface area contributed by atoms with Gasteiger partial charge in [-0.2, -0.15) is 0 Å². The molecule has 0 aliphatic carbocycles. The van der Waals surface area contributed by atoms with Crippen LogP contribution < -0.4 is 10.1 Å². The molecule has 5 heteroatoms. The average Bonchev–Trinajstić information content (AvgIpc) is 2.84. The highest BCUT2D eigenvalue weighted by atomic mass is 16.5. The maximum Gasteiger partial charge on any atom is 0.143 e. The van der Waals surface area contributed by atoms with Gasteiger partial charge in [0.25, 0.3) is 0 Å². The number of benzene rings is 3. The molecule has 1 heterocycles. The van der Waals surface area contributed by atoms with Crippen LogP contribution in [-0.4, -0.2) is 35.5 Å². The second-order valence-corrected chi connectivity index (χ2v) is 8.75. The predicted molar refractivity (Wildman–Crippen MR) is 139 cm³/mol. The Morgan fingerprint density at radius 2 is 1.59 bits per heavy atom. The van der Waals surface area contributed by atoms with Gasteiger partial charge in [-0.05, 0) is 75.8 Å². The summed E-state index contributed by atoms with van der Waals surface area (Å²) in [5, 5.41) is 4.40. The van der Waals surface area contributed by atoms with Crippen LogP contribution in [-0.2, 0) is 19.5 Å². The first kappa shape index (κ1) is 23.9. The number of rotatable bonds is 12. The van der Waals surface area contributed by atoms with E-state index in [4.69, 9.17) is 14.7 Å². The summed E-state index contributed by atoms with van der Waals surface area (Å²) >= 11 is 0. The Hall–Kier alpha value is -3.28. The highest BCUT2D eigenvalue weighted by molar-refractivity contribution is 5.80. The second kappa shape index (κ2) is 12.3. The topological polar surface area (TPSA) is 50.3 Å². The molecule has 0 saturated heterocycles. The summed E-state index contributed by atoms with van der Waals surface area (Å²) in [6.45, 7) is 2.56. The van der Waals surface area contributed by atoms with E-state index in [0.29, 0.717) is 6.54 Å². The number of unbranched alkanes of at least 4 members (excludes halogenated alkanes) is 2. The monoisotopic (exact) mass is 454 g/mol. The molecule has 0 amide bonds. The zero-order valence-electron chi connectivity index (χ0n) is 20.2. The van der Waals surface area contributed by atoms with Crippen LogP contribution in [0.4, 0.5) is 0 Å². The Kier molecular flexibility index (Phi) is 8.60. The Morgan fingerprint density at radius 3 is 2.44 bits per heavy atom. The van der Waals surface area contributed by atoms with E-state index in [1.807, 2.05) is 49.5 Å². The van der Waals surface area contributed by atoms with Crippen molar-refractivity contribution in [2.24, 2.45) is 0 Å². The number of nitrogens with one attached hydrogen (secondary N) is 1. The summed E-state index contributed by atoms with van der Waals surface area (Å²) in [7, 11) is 4.12. The molecule has 0 fully saturated rings. The number of fused-ring (bicyclic) bond motifs is 1. The van der Waals surface area contributed by atoms with Gasteiger partial charge in [-0.15, -0.1) is 0 Å². The lowest BCUT2D eigenvalue weighted by Crippen LogP contribution is -2.19. The molecule has 0 bridgehead atoms. The lowest BCUT2D eigenvalue weighted by atomic mass is 10.1. The molecule has 0 saturated carbocycles. The maximum atomic E-state index is 6.00. The Bertz CT molecular complexity index is 1180. The normalized spacial score (nSPS) is 11.3. The van der Waals surface area contributed by atoms with Crippen LogP contribution in [0.25, 0.3) is 10.9 Å². The summed E-state index contributed by atoms with van der Waals surface area (Å²) in [5.41, 5.74) is 3.39. The van der Waals surface area contributed by atoms with Gasteiger partial charge in [0.15, 0.2) is 0 Å². The largest absolute Gasteiger partial charge is 0.457 e. The van der Waals surface area contributed by atoms with Crippen LogP contribution in [0, 0.1) is 0 Å². The van der Waals surface area contributed by atoms with Gasteiger partial charge in [0, 0.05) is 11.9 Å². The fourth-order valence-electron chi connectivity index (χ4n) is 4.17. The average molecular weight is 455 g/mol. The minimum atomic E-state index is 0.696. The second-order valence-electron chi connectivity index (χ2n) is 8.75. The van der Waals surface area contributed by atoms with E-state index in [1.54, 1.807) is 0 Å². The van der Waals surface area contributed by atoms with Crippen molar-refractivity contribution in [2.45, 2.75) is 38.8 Å². The Morgan fingerprint density at radius 1 is 0.794 bits per heavy atom. The third-order valence-corrected chi connectivity index (χ3v) is 5.81. The molecule has 0 unspecified atom stereocenters. The third-order valence-electron chi connectivity index (χ3n) is 5.81. The zero-order chi connectivity index (χ0) is 23.6. The van der Waals surface area contributed by atoms with Crippen LogP contribution in [0.5, 0.6) is 11.5 Å². The molecule has 0 spiro atoms. The van der Waals surface area contributed by atoms with Gasteiger partial charge < -0.3 is 10.1 Å². The van der Waals surface area contributed by atoms with Crippen molar-refractivity contribution in [3.05, 3.63) is 95.9 Å². The van der Waals surface area contributed by atoms with Crippen molar-refractivity contribution in [2.75, 3.05) is 20.6 Å². The quantitative estimate of drug-likeness (QED) is 0.267. The summed E-state index contributed by atoms with van der Waals surface area (Å²) in [4.78, 5) is 12.1. The molecule has 1 N–H and O–H groups in total. The fraction of sp³-hybridized carbons (Fsp3) is 0.310. The van der Waals surface area contributed by atoms with E-state index in [-0.39, 0.29) is 0 Å². The molecule has 176 valence electrons. The number of ether oxygens (including phenoxy) is 1. The van der Waals surface area contributed by atoms with Gasteiger partial charge in [0.1, 0.15) is 17.3 Å². The zero-order valence-corrected chi connectivity index (χ0v) is 20.2. The summed E-state index contributed by atoms with van der Waals surface area (Å²) < 4.78 is 6.00. The van der Waals surface area contributed by atoms with Gasteiger partial charge in [0.2, 0.25) is 0 Å². The lowest BCUT2D eigenvalue weighted by molar-refractivity contribution is 0.310. The summed E-state index contributed by atoms with van der Waals surface area (Å²) in [5.74, 6) is 2.57. The molecule has 5 nitrogen and oxygen atoms in total. The van der Waals surface area contributed by atoms with E-state index >= 15 is 0 Å². The standard InChI is InChI=1S/C29H34N4O/c1-30-19-10-4-7-17-27-26-16-8-9-18-28(26)32-29(31-27)22-33(2)21-23-12-11-15-25(20-23)34-24-13-5-3-6-14-24/h3,5-6,8-9,11-16,18,20,30H,4,7,10,17,19,21-22H2,1-2H3. The number of hydrogen-bond donors (Lipinski definition) is 1. The van der Waals surface area contributed by atoms with Gasteiger partial charge >= 0.3 is 0 Å². The maximum absolute atomic E-state index is 6.00. The highest BCUT2D eigenvalue weighted by Crippen LogP contribution is 2.23.